The molecule has 0 radical (unpaired) electrons. The maximum absolute atomic E-state index is 14.1. The number of guanidine groups is 1. The van der Waals surface area contributed by atoms with Crippen LogP contribution in [-0.4, -0.2) is 58.7 Å². The van der Waals surface area contributed by atoms with Crippen LogP contribution in [0.15, 0.2) is 35.3 Å². The molecule has 0 unspecified atom stereocenters. The van der Waals surface area contributed by atoms with E-state index in [0.29, 0.717) is 24.9 Å². The number of halogens is 5. The molecule has 1 amide bonds. The van der Waals surface area contributed by atoms with Gasteiger partial charge in [0.15, 0.2) is 34.6 Å². The van der Waals surface area contributed by atoms with Gasteiger partial charge in [0.05, 0.1) is 25.7 Å². The molecule has 1 aromatic heterocycles. The van der Waals surface area contributed by atoms with Gasteiger partial charge in [0.1, 0.15) is 11.6 Å². The van der Waals surface area contributed by atoms with Crippen molar-refractivity contribution in [3.63, 3.8) is 0 Å². The molecule has 2 aromatic carbocycles. The fourth-order valence-corrected chi connectivity index (χ4v) is 4.82. The minimum atomic E-state index is -3.14. The van der Waals surface area contributed by atoms with Gasteiger partial charge in [-0.05, 0) is 56.7 Å². The molecule has 3 aromatic rings. The van der Waals surface area contributed by atoms with Gasteiger partial charge in [-0.1, -0.05) is 0 Å². The van der Waals surface area contributed by atoms with Crippen molar-refractivity contribution in [2.75, 3.05) is 25.1 Å². The highest BCUT2D eigenvalue weighted by Gasteiger charge is 2.45. The van der Waals surface area contributed by atoms with Crippen LogP contribution >= 0.6 is 0 Å². The summed E-state index contributed by atoms with van der Waals surface area (Å²) in [5.74, 6) is -4.24. The van der Waals surface area contributed by atoms with Crippen LogP contribution in [0.4, 0.5) is 27.8 Å². The Hall–Kier alpha value is -4.16. The molecule has 13 heteroatoms. The van der Waals surface area contributed by atoms with E-state index in [1.165, 1.54) is 34.8 Å². The summed E-state index contributed by atoms with van der Waals surface area (Å²) in [7, 11) is 1.29. The van der Waals surface area contributed by atoms with Crippen molar-refractivity contribution >= 4 is 17.7 Å². The van der Waals surface area contributed by atoms with E-state index in [1.807, 2.05) is 13.8 Å². The molecule has 0 saturated heterocycles. The van der Waals surface area contributed by atoms with Crippen LogP contribution in [0.25, 0.3) is 11.4 Å². The Kier molecular flexibility index (Phi) is 6.47. The van der Waals surface area contributed by atoms with Gasteiger partial charge in [-0.15, -0.1) is 0 Å². The van der Waals surface area contributed by atoms with E-state index in [1.54, 1.807) is 11.8 Å². The molecule has 5 rings (SSSR count). The van der Waals surface area contributed by atoms with Crippen LogP contribution in [0.5, 0.6) is 11.5 Å². The van der Waals surface area contributed by atoms with Crippen molar-refractivity contribution in [1.29, 1.82) is 0 Å². The van der Waals surface area contributed by atoms with Gasteiger partial charge in [0.25, 0.3) is 5.91 Å². The molecule has 0 bridgehead atoms. The summed E-state index contributed by atoms with van der Waals surface area (Å²) in [6.07, 6.45) is 0. The number of hydrogen-bond donors (Lipinski definition) is 0. The van der Waals surface area contributed by atoms with Crippen molar-refractivity contribution in [2.45, 2.75) is 39.5 Å². The highest BCUT2D eigenvalue weighted by atomic mass is 19.3. The van der Waals surface area contributed by atoms with Crippen molar-refractivity contribution in [1.82, 2.24) is 14.5 Å². The van der Waals surface area contributed by atoms with Crippen LogP contribution in [-0.2, 0) is 6.54 Å². The van der Waals surface area contributed by atoms with Crippen LogP contribution in [0.1, 0.15) is 36.8 Å². The summed E-state index contributed by atoms with van der Waals surface area (Å²) in [6.45, 7) is 2.85. The summed E-state index contributed by atoms with van der Waals surface area (Å²) < 4.78 is 79.4. The maximum atomic E-state index is 14.1. The second kappa shape index (κ2) is 9.54. The number of anilines is 1. The molecule has 0 atom stereocenters. The van der Waals surface area contributed by atoms with Gasteiger partial charge < -0.3 is 14.0 Å². The Bertz CT molecular complexity index is 1480. The third-order valence-electron chi connectivity index (χ3n) is 6.41. The number of alkyl halides is 2. The zero-order valence-electron chi connectivity index (χ0n) is 21.4. The molecule has 2 aliphatic heterocycles. The fourth-order valence-electron chi connectivity index (χ4n) is 4.82. The third kappa shape index (κ3) is 4.55. The second-order valence-corrected chi connectivity index (χ2v) is 9.67. The van der Waals surface area contributed by atoms with Crippen molar-refractivity contribution in [2.24, 2.45) is 4.99 Å². The van der Waals surface area contributed by atoms with Crippen LogP contribution in [0.2, 0.25) is 0 Å². The minimum absolute atomic E-state index is 0.0357. The van der Waals surface area contributed by atoms with Crippen LogP contribution in [0, 0.1) is 17.5 Å². The zero-order valence-corrected chi connectivity index (χ0v) is 21.4. The molecule has 2 aliphatic rings. The number of carbonyl (C=O) groups excluding carboxylic acids is 1. The number of hydrogen-bond acceptors (Lipinski definition) is 6. The highest BCUT2D eigenvalue weighted by Crippen LogP contribution is 2.40. The summed E-state index contributed by atoms with van der Waals surface area (Å²) >= 11 is 0. The number of carbonyl (C=O) groups is 1. The first-order valence-electron chi connectivity index (χ1n) is 12.0. The minimum Gasteiger partial charge on any atom is -0.493 e. The lowest BCUT2D eigenvalue weighted by Crippen LogP contribution is -2.51. The third-order valence-corrected chi connectivity index (χ3v) is 6.41. The number of imidazole rings is 1. The number of nitrogens with zero attached hydrogens (tertiary/aromatic N) is 5. The molecule has 0 spiro atoms. The number of aliphatic imine (C=N–C) groups is 1. The Labute approximate surface area is 220 Å². The van der Waals surface area contributed by atoms with E-state index in [4.69, 9.17) is 9.73 Å². The molecule has 3 heterocycles. The number of methoxy groups -OCH3 is 1. The predicted molar refractivity (Wildman–Crippen MR) is 132 cm³/mol. The van der Waals surface area contributed by atoms with Gasteiger partial charge in [0.2, 0.25) is 5.96 Å². The van der Waals surface area contributed by atoms with E-state index in [2.05, 4.69) is 9.72 Å². The summed E-state index contributed by atoms with van der Waals surface area (Å²) in [5.41, 5.74) is -0.227. The second-order valence-electron chi connectivity index (χ2n) is 9.67. The molecule has 0 aliphatic carbocycles. The largest absolute Gasteiger partial charge is 0.493 e. The average Bonchev–Trinajstić information content (AvgIpc) is 3.39. The monoisotopic (exact) mass is 549 g/mol. The number of amides is 1. The normalized spacial score (nSPS) is 15.9. The van der Waals surface area contributed by atoms with Crippen LogP contribution < -0.4 is 14.4 Å². The molecule has 0 saturated carbocycles. The molecular formula is C26H24F5N5O3. The maximum Gasteiger partial charge on any atom is 0.387 e. The Morgan fingerprint density at radius 2 is 1.77 bits per heavy atom. The zero-order chi connectivity index (χ0) is 28.2. The van der Waals surface area contributed by atoms with E-state index in [0.717, 1.165) is 12.1 Å². The number of benzene rings is 2. The lowest BCUT2D eigenvalue weighted by atomic mass is 10.1. The topological polar surface area (TPSA) is 72.2 Å². The van der Waals surface area contributed by atoms with Crippen molar-refractivity contribution in [3.8, 4) is 22.9 Å². The Balaban J connectivity index is 1.74. The first-order valence-corrected chi connectivity index (χ1v) is 12.0. The number of rotatable bonds is 7. The van der Waals surface area contributed by atoms with E-state index >= 15 is 0 Å². The van der Waals surface area contributed by atoms with E-state index in [-0.39, 0.29) is 40.7 Å². The quantitative estimate of drug-likeness (QED) is 0.305. The molecule has 0 N–H and O–H groups in total. The summed E-state index contributed by atoms with van der Waals surface area (Å²) in [6, 6.07) is 5.89. The Morgan fingerprint density at radius 1 is 1.08 bits per heavy atom. The lowest BCUT2D eigenvalue weighted by molar-refractivity contribution is -0.0511. The first kappa shape index (κ1) is 26.4. The van der Waals surface area contributed by atoms with Gasteiger partial charge in [-0.25, -0.2) is 23.1 Å². The molecule has 8 nitrogen and oxygen atoms in total. The smallest absolute Gasteiger partial charge is 0.387 e. The molecule has 206 valence electrons. The van der Waals surface area contributed by atoms with Crippen molar-refractivity contribution < 1.29 is 36.2 Å². The average molecular weight is 550 g/mol. The van der Waals surface area contributed by atoms with Gasteiger partial charge >= 0.3 is 6.61 Å². The number of fused-ring (bicyclic) bond motifs is 3. The van der Waals surface area contributed by atoms with Crippen molar-refractivity contribution in [3.05, 3.63) is 59.0 Å². The first-order chi connectivity index (χ1) is 18.4. The van der Waals surface area contributed by atoms with E-state index in [9.17, 15) is 26.7 Å². The van der Waals surface area contributed by atoms with Gasteiger partial charge in [-0.2, -0.15) is 8.78 Å². The number of aromatic nitrogens is 2. The summed E-state index contributed by atoms with van der Waals surface area (Å²) in [5, 5.41) is 0. The molecular weight excluding hydrogens is 525 g/mol. The SMILES string of the molecule is CCN1C(=O)c2nc(-c3ccc(OC)c(OC(F)F)c3)n(Cc3cc(F)c(F)c(F)c3)c2N2CC(C)(C)N=C12. The fraction of sp³-hybridized carbons (Fsp3) is 0.346. The van der Waals surface area contributed by atoms with Gasteiger partial charge in [-0.3, -0.25) is 14.6 Å². The predicted octanol–water partition coefficient (Wildman–Crippen LogP) is 5.06. The van der Waals surface area contributed by atoms with Crippen LogP contribution in [0.3, 0.4) is 0 Å². The number of ether oxygens (including phenoxy) is 2. The molecule has 39 heavy (non-hydrogen) atoms. The molecule has 0 fully saturated rings. The standard InChI is InChI=1S/C26H24F5N5O3/c1-5-34-23(37)20-22(36-12-26(2,3)33-25(34)36)35(11-13-8-15(27)19(29)16(28)9-13)21(32-20)14-6-7-17(38-4)18(10-14)39-24(30)31/h6-10,24H,5,11-12H2,1-4H3. The van der Waals surface area contributed by atoms with Gasteiger partial charge in [0, 0.05) is 12.1 Å². The Morgan fingerprint density at radius 3 is 2.38 bits per heavy atom. The lowest BCUT2D eigenvalue weighted by Gasteiger charge is -2.34. The van der Waals surface area contributed by atoms with E-state index < -0.39 is 35.5 Å². The summed E-state index contributed by atoms with van der Waals surface area (Å²) in [4.78, 5) is 26.1. The highest BCUT2D eigenvalue weighted by molar-refractivity contribution is 6.18.